The van der Waals surface area contributed by atoms with Gasteiger partial charge in [0.2, 0.25) is 0 Å². The molecule has 0 saturated carbocycles. The lowest BCUT2D eigenvalue weighted by Gasteiger charge is -2.07. The summed E-state index contributed by atoms with van der Waals surface area (Å²) in [5, 5.41) is 0. The summed E-state index contributed by atoms with van der Waals surface area (Å²) in [4.78, 5) is 12.2. The average Bonchev–Trinajstić information content (AvgIpc) is 2.61. The topological polar surface area (TPSA) is 17.1 Å². The van der Waals surface area contributed by atoms with Crippen molar-refractivity contribution in [3.05, 3.63) is 46.5 Å². The summed E-state index contributed by atoms with van der Waals surface area (Å²) in [5.74, 6) is -1.68. The molecular weight excluding hydrogens is 234 g/mol. The lowest BCUT2D eigenvalue weighted by Crippen LogP contribution is -2.07. The standard InChI is InChI=1S/C15H16F2O/c1-10-8-12(14(17)9-13(10)16)15(18)11-6-4-2-3-5-7-11/h6,8-9H,2-5,7H2,1H3. The van der Waals surface area contributed by atoms with Crippen LogP contribution in [0.25, 0.3) is 0 Å². The van der Waals surface area contributed by atoms with Crippen molar-refractivity contribution in [2.75, 3.05) is 0 Å². The number of allylic oxidation sites excluding steroid dienone is 2. The monoisotopic (exact) mass is 250 g/mol. The van der Waals surface area contributed by atoms with Gasteiger partial charge in [-0.3, -0.25) is 4.79 Å². The summed E-state index contributed by atoms with van der Waals surface area (Å²) >= 11 is 0. The van der Waals surface area contributed by atoms with E-state index in [4.69, 9.17) is 0 Å². The maximum atomic E-state index is 13.6. The van der Waals surface area contributed by atoms with E-state index in [1.807, 2.05) is 6.08 Å². The molecule has 0 aliphatic heterocycles. The van der Waals surface area contributed by atoms with Gasteiger partial charge >= 0.3 is 0 Å². The van der Waals surface area contributed by atoms with Crippen molar-refractivity contribution in [1.29, 1.82) is 0 Å². The van der Waals surface area contributed by atoms with Crippen molar-refractivity contribution in [2.24, 2.45) is 0 Å². The number of Topliss-reactive ketones (excluding diaryl/α,β-unsaturated/α-hetero) is 1. The molecule has 0 fully saturated rings. The summed E-state index contributed by atoms with van der Waals surface area (Å²) in [6.45, 7) is 1.53. The Hall–Kier alpha value is -1.51. The molecule has 0 unspecified atom stereocenters. The molecule has 0 amide bonds. The van der Waals surface area contributed by atoms with Gasteiger partial charge in [0.25, 0.3) is 0 Å². The summed E-state index contributed by atoms with van der Waals surface area (Å²) in [7, 11) is 0. The van der Waals surface area contributed by atoms with E-state index in [0.29, 0.717) is 17.6 Å². The van der Waals surface area contributed by atoms with Crippen molar-refractivity contribution in [2.45, 2.75) is 39.0 Å². The molecule has 1 aliphatic carbocycles. The van der Waals surface area contributed by atoms with E-state index in [9.17, 15) is 13.6 Å². The first kappa shape index (κ1) is 12.9. The number of carbonyl (C=O) groups is 1. The summed E-state index contributed by atoms with van der Waals surface area (Å²) in [5.41, 5.74) is 0.952. The van der Waals surface area contributed by atoms with E-state index in [-0.39, 0.29) is 11.3 Å². The van der Waals surface area contributed by atoms with Crippen LogP contribution in [0, 0.1) is 18.6 Å². The Kier molecular flexibility index (Phi) is 3.90. The molecule has 0 radical (unpaired) electrons. The van der Waals surface area contributed by atoms with Gasteiger partial charge in [-0.2, -0.15) is 0 Å². The van der Waals surface area contributed by atoms with Crippen LogP contribution in [-0.2, 0) is 0 Å². The van der Waals surface area contributed by atoms with Crippen molar-refractivity contribution in [3.8, 4) is 0 Å². The first-order valence-electron chi connectivity index (χ1n) is 6.29. The van der Waals surface area contributed by atoms with Crippen LogP contribution in [-0.4, -0.2) is 5.78 Å². The molecule has 96 valence electrons. The second-order valence-electron chi connectivity index (χ2n) is 4.74. The molecule has 1 aliphatic rings. The molecule has 18 heavy (non-hydrogen) atoms. The zero-order chi connectivity index (χ0) is 13.1. The van der Waals surface area contributed by atoms with Gasteiger partial charge in [-0.25, -0.2) is 8.78 Å². The zero-order valence-corrected chi connectivity index (χ0v) is 10.4. The highest BCUT2D eigenvalue weighted by molar-refractivity contribution is 6.08. The Morgan fingerprint density at radius 3 is 2.67 bits per heavy atom. The van der Waals surface area contributed by atoms with Crippen LogP contribution in [0.2, 0.25) is 0 Å². The zero-order valence-electron chi connectivity index (χ0n) is 10.4. The molecule has 0 saturated heterocycles. The molecule has 0 atom stereocenters. The fraction of sp³-hybridized carbons (Fsp3) is 0.400. The Morgan fingerprint density at radius 1 is 1.11 bits per heavy atom. The minimum Gasteiger partial charge on any atom is -0.289 e. The van der Waals surface area contributed by atoms with Crippen molar-refractivity contribution >= 4 is 5.78 Å². The minimum atomic E-state index is -0.770. The van der Waals surface area contributed by atoms with E-state index in [0.717, 1.165) is 31.7 Å². The van der Waals surface area contributed by atoms with E-state index >= 15 is 0 Å². The molecule has 0 bridgehead atoms. The highest BCUT2D eigenvalue weighted by atomic mass is 19.1. The molecule has 0 aromatic heterocycles. The SMILES string of the molecule is Cc1cc(C(=O)C2=CCCCCC2)c(F)cc1F. The Bertz CT molecular complexity index is 503. The van der Waals surface area contributed by atoms with E-state index < -0.39 is 11.6 Å². The molecule has 3 heteroatoms. The van der Waals surface area contributed by atoms with Gasteiger partial charge < -0.3 is 0 Å². The van der Waals surface area contributed by atoms with Gasteiger partial charge in [0, 0.05) is 6.07 Å². The summed E-state index contributed by atoms with van der Waals surface area (Å²) in [6.07, 6.45) is 6.57. The first-order chi connectivity index (χ1) is 8.59. The molecule has 2 rings (SSSR count). The third kappa shape index (κ3) is 2.66. The number of aryl methyl sites for hydroxylation is 1. The number of hydrogen-bond acceptors (Lipinski definition) is 1. The highest BCUT2D eigenvalue weighted by Crippen LogP contribution is 2.23. The normalized spacial score (nSPS) is 16.1. The maximum Gasteiger partial charge on any atom is 0.191 e. The van der Waals surface area contributed by atoms with Crippen LogP contribution in [0.5, 0.6) is 0 Å². The van der Waals surface area contributed by atoms with Gasteiger partial charge in [0.15, 0.2) is 5.78 Å². The van der Waals surface area contributed by atoms with Gasteiger partial charge in [-0.1, -0.05) is 12.5 Å². The van der Waals surface area contributed by atoms with Crippen LogP contribution in [0.3, 0.4) is 0 Å². The predicted molar refractivity (Wildman–Crippen MR) is 66.6 cm³/mol. The summed E-state index contributed by atoms with van der Waals surface area (Å²) < 4.78 is 26.8. The lowest BCUT2D eigenvalue weighted by atomic mass is 9.98. The van der Waals surface area contributed by atoms with E-state index in [2.05, 4.69) is 0 Å². The largest absolute Gasteiger partial charge is 0.289 e. The third-order valence-corrected chi connectivity index (χ3v) is 3.33. The lowest BCUT2D eigenvalue weighted by molar-refractivity contribution is 0.102. The summed E-state index contributed by atoms with van der Waals surface area (Å²) in [6, 6.07) is 2.10. The number of benzene rings is 1. The average molecular weight is 250 g/mol. The second kappa shape index (κ2) is 5.42. The van der Waals surface area contributed by atoms with Crippen molar-refractivity contribution in [3.63, 3.8) is 0 Å². The molecule has 0 N–H and O–H groups in total. The molecule has 0 spiro atoms. The van der Waals surface area contributed by atoms with Crippen LogP contribution >= 0.6 is 0 Å². The number of hydrogen-bond donors (Lipinski definition) is 0. The van der Waals surface area contributed by atoms with Crippen LogP contribution in [0.15, 0.2) is 23.8 Å². The Morgan fingerprint density at radius 2 is 1.89 bits per heavy atom. The fourth-order valence-electron chi connectivity index (χ4n) is 2.23. The van der Waals surface area contributed by atoms with Gasteiger partial charge in [0.1, 0.15) is 11.6 Å². The van der Waals surface area contributed by atoms with E-state index in [1.54, 1.807) is 0 Å². The number of halogens is 2. The molecule has 0 heterocycles. The number of rotatable bonds is 2. The van der Waals surface area contributed by atoms with Gasteiger partial charge in [-0.15, -0.1) is 0 Å². The number of carbonyl (C=O) groups excluding carboxylic acids is 1. The smallest absolute Gasteiger partial charge is 0.191 e. The quantitative estimate of drug-likeness (QED) is 0.713. The maximum absolute atomic E-state index is 13.6. The molecule has 1 aromatic carbocycles. The van der Waals surface area contributed by atoms with Crippen molar-refractivity contribution in [1.82, 2.24) is 0 Å². The van der Waals surface area contributed by atoms with Crippen LogP contribution in [0.1, 0.15) is 48.0 Å². The molecule has 1 aromatic rings. The Balaban J connectivity index is 2.33. The van der Waals surface area contributed by atoms with Crippen LogP contribution < -0.4 is 0 Å². The highest BCUT2D eigenvalue weighted by Gasteiger charge is 2.18. The predicted octanol–water partition coefficient (Wildman–Crippen LogP) is 4.35. The fourth-order valence-corrected chi connectivity index (χ4v) is 2.23. The first-order valence-corrected chi connectivity index (χ1v) is 6.29. The van der Waals surface area contributed by atoms with Crippen LogP contribution in [0.4, 0.5) is 8.78 Å². The Labute approximate surface area is 106 Å². The van der Waals surface area contributed by atoms with Gasteiger partial charge in [-0.05, 0) is 49.8 Å². The molecular formula is C15H16F2O. The second-order valence-corrected chi connectivity index (χ2v) is 4.74. The third-order valence-electron chi connectivity index (χ3n) is 3.33. The minimum absolute atomic E-state index is 0.0120. The number of ketones is 1. The van der Waals surface area contributed by atoms with E-state index in [1.165, 1.54) is 13.0 Å². The molecule has 1 nitrogen and oxygen atoms in total. The van der Waals surface area contributed by atoms with Crippen molar-refractivity contribution < 1.29 is 13.6 Å². The van der Waals surface area contributed by atoms with Gasteiger partial charge in [0.05, 0.1) is 5.56 Å².